The largest absolute Gasteiger partial charge is 0.393 e. The highest BCUT2D eigenvalue weighted by molar-refractivity contribution is 6.21. The second-order valence-corrected chi connectivity index (χ2v) is 5.34. The summed E-state index contributed by atoms with van der Waals surface area (Å²) in [4.78, 5) is 25.0. The van der Waals surface area contributed by atoms with Gasteiger partial charge in [-0.25, -0.2) is 4.79 Å². The van der Waals surface area contributed by atoms with Gasteiger partial charge < -0.3 is 9.84 Å². The van der Waals surface area contributed by atoms with Gasteiger partial charge in [0.1, 0.15) is 0 Å². The summed E-state index contributed by atoms with van der Waals surface area (Å²) in [5, 5.41) is 9.09. The first-order valence-corrected chi connectivity index (χ1v) is 6.63. The second kappa shape index (κ2) is 5.11. The minimum absolute atomic E-state index is 0.118. The summed E-state index contributed by atoms with van der Waals surface area (Å²) < 4.78 is 7.09. The van der Waals surface area contributed by atoms with Gasteiger partial charge in [0.15, 0.2) is 6.23 Å². The number of alkyl halides is 1. The third kappa shape index (κ3) is 2.24. The van der Waals surface area contributed by atoms with Crippen LogP contribution in [0.15, 0.2) is 21.9 Å². The molecule has 1 saturated heterocycles. The molecule has 0 saturated carbocycles. The van der Waals surface area contributed by atoms with Crippen molar-refractivity contribution in [1.29, 1.82) is 0 Å². The van der Waals surface area contributed by atoms with Crippen LogP contribution in [0.2, 0.25) is 0 Å². The lowest BCUT2D eigenvalue weighted by Crippen LogP contribution is -2.39. The Balaban J connectivity index is 2.42. The highest BCUT2D eigenvalue weighted by Crippen LogP contribution is 2.45. The number of hydrogen-bond donors (Lipinski definition) is 2. The summed E-state index contributed by atoms with van der Waals surface area (Å²) in [6.45, 7) is 3.62. The number of hydrogen-bond acceptors (Lipinski definition) is 4. The van der Waals surface area contributed by atoms with Crippen LogP contribution in [0.4, 0.5) is 0 Å². The SMILES string of the molecule is CC[C@]1(CO)O[C@@H](n2ccc(=O)[nH]c2=O)[C@H](Cl)[C@@H]1C. The summed E-state index contributed by atoms with van der Waals surface area (Å²) in [6, 6.07) is 1.24. The van der Waals surface area contributed by atoms with E-state index in [1.54, 1.807) is 0 Å². The van der Waals surface area contributed by atoms with E-state index >= 15 is 0 Å². The highest BCUT2D eigenvalue weighted by atomic mass is 35.5. The number of rotatable bonds is 3. The van der Waals surface area contributed by atoms with Gasteiger partial charge in [-0.05, 0) is 6.42 Å². The first-order valence-electron chi connectivity index (χ1n) is 6.19. The molecule has 0 aromatic carbocycles. The molecule has 1 aliphatic rings. The van der Waals surface area contributed by atoms with E-state index in [4.69, 9.17) is 16.3 Å². The molecule has 0 aliphatic carbocycles. The number of nitrogens with zero attached hydrogens (tertiary/aromatic N) is 1. The monoisotopic (exact) mass is 288 g/mol. The van der Waals surface area contributed by atoms with E-state index in [0.29, 0.717) is 6.42 Å². The van der Waals surface area contributed by atoms with Gasteiger partial charge in [0.2, 0.25) is 0 Å². The van der Waals surface area contributed by atoms with Gasteiger partial charge in [0.05, 0.1) is 17.6 Å². The number of nitrogens with one attached hydrogen (secondary N) is 1. The van der Waals surface area contributed by atoms with Crippen LogP contribution in [0.5, 0.6) is 0 Å². The molecular formula is C12H17ClN2O4. The van der Waals surface area contributed by atoms with Crippen molar-refractivity contribution in [2.75, 3.05) is 6.61 Å². The number of aromatic amines is 1. The van der Waals surface area contributed by atoms with E-state index in [1.165, 1.54) is 16.8 Å². The summed E-state index contributed by atoms with van der Waals surface area (Å²) in [5.41, 5.74) is -1.80. The Morgan fingerprint density at radius 1 is 1.58 bits per heavy atom. The molecule has 2 rings (SSSR count). The molecule has 2 heterocycles. The van der Waals surface area contributed by atoms with Gasteiger partial charge in [-0.3, -0.25) is 14.3 Å². The smallest absolute Gasteiger partial charge is 0.330 e. The zero-order chi connectivity index (χ0) is 14.2. The molecule has 0 amide bonds. The average Bonchev–Trinajstić information content (AvgIpc) is 2.64. The molecular weight excluding hydrogens is 272 g/mol. The Morgan fingerprint density at radius 2 is 2.26 bits per heavy atom. The van der Waals surface area contributed by atoms with Crippen molar-refractivity contribution in [2.45, 2.75) is 37.5 Å². The molecule has 106 valence electrons. The van der Waals surface area contributed by atoms with Crippen molar-refractivity contribution in [1.82, 2.24) is 9.55 Å². The second-order valence-electron chi connectivity index (χ2n) is 4.84. The lowest BCUT2D eigenvalue weighted by molar-refractivity contribution is -0.112. The van der Waals surface area contributed by atoms with Crippen LogP contribution in [-0.4, -0.2) is 32.2 Å². The zero-order valence-electron chi connectivity index (χ0n) is 10.8. The Hall–Kier alpha value is -1.11. The van der Waals surface area contributed by atoms with E-state index in [2.05, 4.69) is 4.98 Å². The fraction of sp³-hybridized carbons (Fsp3) is 0.667. The number of ether oxygens (including phenoxy) is 1. The molecule has 0 unspecified atom stereocenters. The maximum atomic E-state index is 11.8. The minimum atomic E-state index is -0.757. The molecule has 1 fully saturated rings. The first-order chi connectivity index (χ1) is 8.95. The molecule has 1 aliphatic heterocycles. The fourth-order valence-corrected chi connectivity index (χ4v) is 2.89. The van der Waals surface area contributed by atoms with Crippen LogP contribution in [0, 0.1) is 5.92 Å². The van der Waals surface area contributed by atoms with Crippen LogP contribution in [-0.2, 0) is 4.74 Å². The van der Waals surface area contributed by atoms with Crippen LogP contribution >= 0.6 is 11.6 Å². The fourth-order valence-electron chi connectivity index (χ4n) is 2.49. The Morgan fingerprint density at radius 3 is 2.74 bits per heavy atom. The number of aromatic nitrogens is 2. The van der Waals surface area contributed by atoms with Crippen molar-refractivity contribution in [3.05, 3.63) is 33.1 Å². The average molecular weight is 289 g/mol. The van der Waals surface area contributed by atoms with Crippen molar-refractivity contribution in [2.24, 2.45) is 5.92 Å². The van der Waals surface area contributed by atoms with Gasteiger partial charge in [-0.1, -0.05) is 13.8 Å². The Bertz CT molecular complexity index is 563. The molecule has 0 radical (unpaired) electrons. The molecule has 6 nitrogen and oxygen atoms in total. The van der Waals surface area contributed by atoms with E-state index < -0.39 is 28.5 Å². The Kier molecular flexibility index (Phi) is 3.85. The lowest BCUT2D eigenvalue weighted by Gasteiger charge is -2.29. The van der Waals surface area contributed by atoms with Crippen LogP contribution < -0.4 is 11.2 Å². The minimum Gasteiger partial charge on any atom is -0.393 e. The maximum Gasteiger partial charge on any atom is 0.330 e. The van der Waals surface area contributed by atoms with Crippen molar-refractivity contribution in [3.8, 4) is 0 Å². The van der Waals surface area contributed by atoms with E-state index in [0.717, 1.165) is 0 Å². The third-order valence-corrected chi connectivity index (χ3v) is 4.52. The van der Waals surface area contributed by atoms with Gasteiger partial charge in [0.25, 0.3) is 5.56 Å². The number of halogens is 1. The highest BCUT2D eigenvalue weighted by Gasteiger charge is 2.51. The van der Waals surface area contributed by atoms with Crippen molar-refractivity contribution >= 4 is 11.6 Å². The van der Waals surface area contributed by atoms with E-state index in [-0.39, 0.29) is 12.5 Å². The molecule has 19 heavy (non-hydrogen) atoms. The quantitative estimate of drug-likeness (QED) is 0.791. The summed E-state index contributed by atoms with van der Waals surface area (Å²) in [6.07, 6.45) is 1.24. The zero-order valence-corrected chi connectivity index (χ0v) is 11.6. The summed E-state index contributed by atoms with van der Waals surface area (Å²) in [5.74, 6) is -0.118. The maximum absolute atomic E-state index is 11.8. The van der Waals surface area contributed by atoms with E-state index in [1.807, 2.05) is 13.8 Å². The molecule has 7 heteroatoms. The number of H-pyrrole nitrogens is 1. The van der Waals surface area contributed by atoms with Crippen molar-refractivity contribution in [3.63, 3.8) is 0 Å². The normalized spacial score (nSPS) is 34.6. The van der Waals surface area contributed by atoms with Crippen LogP contribution in [0.3, 0.4) is 0 Å². The molecule has 2 N–H and O–H groups in total. The summed E-state index contributed by atoms with van der Waals surface area (Å²) >= 11 is 6.33. The van der Waals surface area contributed by atoms with Gasteiger partial charge >= 0.3 is 5.69 Å². The first kappa shape index (κ1) is 14.3. The lowest BCUT2D eigenvalue weighted by atomic mass is 9.87. The van der Waals surface area contributed by atoms with Gasteiger partial charge in [-0.15, -0.1) is 11.6 Å². The number of aliphatic hydroxyl groups is 1. The Labute approximate surface area is 115 Å². The van der Waals surface area contributed by atoms with Gasteiger partial charge in [0, 0.05) is 18.2 Å². The standard InChI is InChI=1S/C12H17ClN2O4/c1-3-12(6-16)7(2)9(13)10(19-12)15-5-4-8(17)14-11(15)18/h4-5,7,9-10,16H,3,6H2,1-2H3,(H,14,17,18)/t7-,9+,10+,12+/m0/s1. The van der Waals surface area contributed by atoms with Gasteiger partial charge in [-0.2, -0.15) is 0 Å². The predicted octanol–water partition coefficient (Wildman–Crippen LogP) is 0.450. The molecule has 4 atom stereocenters. The molecule has 1 aromatic heterocycles. The van der Waals surface area contributed by atoms with E-state index in [9.17, 15) is 14.7 Å². The predicted molar refractivity (Wildman–Crippen MR) is 70.4 cm³/mol. The number of aliphatic hydroxyl groups excluding tert-OH is 1. The summed E-state index contributed by atoms with van der Waals surface area (Å²) in [7, 11) is 0. The van der Waals surface area contributed by atoms with Crippen molar-refractivity contribution < 1.29 is 9.84 Å². The molecule has 0 bridgehead atoms. The third-order valence-electron chi connectivity index (χ3n) is 3.93. The molecule has 1 aromatic rings. The van der Waals surface area contributed by atoms with Crippen LogP contribution in [0.25, 0.3) is 0 Å². The topological polar surface area (TPSA) is 84.3 Å². The van der Waals surface area contributed by atoms with Crippen LogP contribution in [0.1, 0.15) is 26.5 Å². The molecule has 0 spiro atoms.